The summed E-state index contributed by atoms with van der Waals surface area (Å²) in [5, 5.41) is 2.78. The molecule has 2 aromatic carbocycles. The maximum atomic E-state index is 12.2. The fraction of sp³-hybridized carbons (Fsp3) is 0.100. The summed E-state index contributed by atoms with van der Waals surface area (Å²) >= 11 is 2.82. The molecule has 24 heavy (non-hydrogen) atoms. The van der Waals surface area contributed by atoms with Crippen molar-refractivity contribution in [3.8, 4) is 0 Å². The SMILES string of the molecule is Cc1ccc(C(=O)NC([Se])=Nc2cccc(C3=CC=CC3)c2)cc1. The minimum atomic E-state index is -0.175. The molecular formula is C20H17N2OSe. The van der Waals surface area contributed by atoms with Gasteiger partial charge < -0.3 is 0 Å². The number of amides is 1. The van der Waals surface area contributed by atoms with Crippen LogP contribution in [0, 0.1) is 6.92 Å². The van der Waals surface area contributed by atoms with Gasteiger partial charge in [0.15, 0.2) is 0 Å². The molecule has 0 bridgehead atoms. The molecule has 0 saturated carbocycles. The first-order valence-electron chi connectivity index (χ1n) is 7.72. The molecule has 1 aliphatic carbocycles. The van der Waals surface area contributed by atoms with Crippen LogP contribution in [-0.4, -0.2) is 26.7 Å². The van der Waals surface area contributed by atoms with E-state index in [1.807, 2.05) is 37.3 Å². The molecule has 1 aliphatic rings. The van der Waals surface area contributed by atoms with Crippen LogP contribution in [0.15, 0.2) is 71.8 Å². The number of hydrogen-bond donors (Lipinski definition) is 1. The summed E-state index contributed by atoms with van der Waals surface area (Å²) in [5.74, 6) is -0.175. The van der Waals surface area contributed by atoms with Gasteiger partial charge >= 0.3 is 150 Å². The molecule has 0 aliphatic heterocycles. The van der Waals surface area contributed by atoms with Gasteiger partial charge in [0, 0.05) is 0 Å². The normalized spacial score (nSPS) is 13.7. The van der Waals surface area contributed by atoms with Crippen LogP contribution in [0.5, 0.6) is 0 Å². The Morgan fingerprint density at radius 1 is 1.17 bits per heavy atom. The van der Waals surface area contributed by atoms with Gasteiger partial charge in [-0.1, -0.05) is 0 Å². The van der Waals surface area contributed by atoms with Crippen molar-refractivity contribution in [3.05, 3.63) is 83.4 Å². The summed E-state index contributed by atoms with van der Waals surface area (Å²) < 4.78 is 0.455. The summed E-state index contributed by atoms with van der Waals surface area (Å²) in [7, 11) is 0. The number of carbonyl (C=O) groups is 1. The maximum absolute atomic E-state index is 12.2. The first-order chi connectivity index (χ1) is 11.6. The first kappa shape index (κ1) is 16.4. The predicted molar refractivity (Wildman–Crippen MR) is 99.7 cm³/mol. The molecule has 4 heteroatoms. The third-order valence-electron chi connectivity index (χ3n) is 3.75. The van der Waals surface area contributed by atoms with E-state index in [0.29, 0.717) is 10.3 Å². The Bertz CT molecular complexity index is 848. The van der Waals surface area contributed by atoms with Crippen molar-refractivity contribution in [2.24, 2.45) is 4.99 Å². The van der Waals surface area contributed by atoms with Gasteiger partial charge in [0.1, 0.15) is 0 Å². The second kappa shape index (κ2) is 7.43. The summed E-state index contributed by atoms with van der Waals surface area (Å²) in [6, 6.07) is 15.4. The Balaban J connectivity index is 1.72. The molecule has 119 valence electrons. The van der Waals surface area contributed by atoms with Crippen molar-refractivity contribution >= 4 is 37.9 Å². The predicted octanol–water partition coefficient (Wildman–Crippen LogP) is 3.92. The van der Waals surface area contributed by atoms with Crippen LogP contribution in [0.4, 0.5) is 5.69 Å². The van der Waals surface area contributed by atoms with Crippen molar-refractivity contribution in [1.82, 2.24) is 5.32 Å². The fourth-order valence-electron chi connectivity index (χ4n) is 2.46. The van der Waals surface area contributed by atoms with Crippen molar-refractivity contribution in [1.29, 1.82) is 0 Å². The van der Waals surface area contributed by atoms with Crippen LogP contribution in [-0.2, 0) is 0 Å². The van der Waals surface area contributed by atoms with E-state index in [1.165, 1.54) is 5.57 Å². The molecule has 1 N–H and O–H groups in total. The number of aryl methyl sites for hydroxylation is 1. The van der Waals surface area contributed by atoms with Gasteiger partial charge in [0.05, 0.1) is 0 Å². The monoisotopic (exact) mass is 381 g/mol. The van der Waals surface area contributed by atoms with E-state index < -0.39 is 0 Å². The van der Waals surface area contributed by atoms with Crippen LogP contribution in [0.3, 0.4) is 0 Å². The Labute approximate surface area is 150 Å². The van der Waals surface area contributed by atoms with Crippen molar-refractivity contribution in [3.63, 3.8) is 0 Å². The number of nitrogens with one attached hydrogen (secondary N) is 1. The number of rotatable bonds is 3. The van der Waals surface area contributed by atoms with Gasteiger partial charge in [0.25, 0.3) is 0 Å². The molecule has 3 rings (SSSR count). The van der Waals surface area contributed by atoms with Gasteiger partial charge in [0.2, 0.25) is 0 Å². The second-order valence-electron chi connectivity index (χ2n) is 5.61. The van der Waals surface area contributed by atoms with E-state index in [1.54, 1.807) is 12.1 Å². The number of nitrogens with zero attached hydrogens (tertiary/aromatic N) is 1. The summed E-state index contributed by atoms with van der Waals surface area (Å²) in [5.41, 5.74) is 4.96. The first-order valence-corrected chi connectivity index (χ1v) is 8.57. The average Bonchev–Trinajstić information content (AvgIpc) is 3.10. The van der Waals surface area contributed by atoms with Gasteiger partial charge in [-0.2, -0.15) is 0 Å². The molecule has 1 radical (unpaired) electrons. The zero-order valence-electron chi connectivity index (χ0n) is 13.3. The van der Waals surface area contributed by atoms with Gasteiger partial charge in [-0.15, -0.1) is 0 Å². The van der Waals surface area contributed by atoms with Crippen LogP contribution < -0.4 is 5.32 Å². The van der Waals surface area contributed by atoms with E-state index in [9.17, 15) is 4.79 Å². The molecule has 0 heterocycles. The fourth-order valence-corrected chi connectivity index (χ4v) is 2.87. The topological polar surface area (TPSA) is 41.5 Å². The van der Waals surface area contributed by atoms with Gasteiger partial charge in [-0.25, -0.2) is 0 Å². The van der Waals surface area contributed by atoms with Crippen molar-refractivity contribution in [2.75, 3.05) is 0 Å². The van der Waals surface area contributed by atoms with Crippen LogP contribution in [0.1, 0.15) is 27.9 Å². The second-order valence-corrected chi connectivity index (χ2v) is 6.42. The molecule has 1 amide bonds. The number of benzene rings is 2. The number of hydrogen-bond acceptors (Lipinski definition) is 2. The molecule has 0 unspecified atom stereocenters. The van der Waals surface area contributed by atoms with E-state index >= 15 is 0 Å². The summed E-state index contributed by atoms with van der Waals surface area (Å²) in [6.45, 7) is 1.99. The van der Waals surface area contributed by atoms with E-state index in [0.717, 1.165) is 23.2 Å². The van der Waals surface area contributed by atoms with Gasteiger partial charge in [-0.3, -0.25) is 0 Å². The zero-order chi connectivity index (χ0) is 16.9. The standard InChI is InChI=1S/C20H17N2OSe/c1-14-9-11-16(12-10-14)19(23)22-20(24)21-18-8-4-7-17(13-18)15-5-2-3-6-15/h2-5,7-13H,6H2,1H3,(H,21,22,23). The molecule has 3 nitrogen and oxygen atoms in total. The van der Waals surface area contributed by atoms with Crippen LogP contribution in [0.25, 0.3) is 5.57 Å². The Kier molecular flexibility index (Phi) is 5.09. The zero-order valence-corrected chi connectivity index (χ0v) is 15.0. The molecule has 0 saturated heterocycles. The third kappa shape index (κ3) is 4.10. The molecular weight excluding hydrogens is 363 g/mol. The minimum absolute atomic E-state index is 0.175. The third-order valence-corrected chi connectivity index (χ3v) is 4.16. The van der Waals surface area contributed by atoms with Crippen molar-refractivity contribution in [2.45, 2.75) is 13.3 Å². The average molecular weight is 380 g/mol. The Hall–Kier alpha value is -2.42. The molecule has 0 fully saturated rings. The molecule has 0 spiro atoms. The summed E-state index contributed by atoms with van der Waals surface area (Å²) in [4.78, 5) is 16.7. The van der Waals surface area contributed by atoms with E-state index in [-0.39, 0.29) is 5.91 Å². The number of allylic oxidation sites excluding steroid dienone is 4. The van der Waals surface area contributed by atoms with E-state index in [2.05, 4.69) is 50.6 Å². The number of carbonyl (C=O) groups excluding carboxylic acids is 1. The quantitative estimate of drug-likeness (QED) is 0.489. The Morgan fingerprint density at radius 2 is 1.96 bits per heavy atom. The molecule has 2 aromatic rings. The number of aliphatic imine (C=N–C) groups is 1. The van der Waals surface area contributed by atoms with Crippen molar-refractivity contribution < 1.29 is 4.79 Å². The summed E-state index contributed by atoms with van der Waals surface area (Å²) in [6.07, 6.45) is 7.25. The van der Waals surface area contributed by atoms with Crippen LogP contribution >= 0.6 is 0 Å². The number of amidine groups is 1. The molecule has 0 aromatic heterocycles. The van der Waals surface area contributed by atoms with Crippen LogP contribution in [0.2, 0.25) is 0 Å². The van der Waals surface area contributed by atoms with E-state index in [4.69, 9.17) is 0 Å². The van der Waals surface area contributed by atoms with Gasteiger partial charge in [-0.05, 0) is 0 Å². The molecule has 0 atom stereocenters. The Morgan fingerprint density at radius 3 is 2.67 bits per heavy atom.